The molecule has 0 fully saturated rings. The summed E-state index contributed by atoms with van der Waals surface area (Å²) in [6, 6.07) is 12.2. The summed E-state index contributed by atoms with van der Waals surface area (Å²) in [4.78, 5) is 25.1. The van der Waals surface area contributed by atoms with E-state index in [0.29, 0.717) is 26.2 Å². The molecule has 174 valence electrons. The van der Waals surface area contributed by atoms with Crippen LogP contribution in [0.25, 0.3) is 0 Å². The van der Waals surface area contributed by atoms with E-state index >= 15 is 0 Å². The number of benzene rings is 2. The van der Waals surface area contributed by atoms with Crippen LogP contribution in [0.5, 0.6) is 11.5 Å². The highest BCUT2D eigenvalue weighted by atomic mass is 16.6. The first kappa shape index (κ1) is 25.2. The van der Waals surface area contributed by atoms with Crippen LogP contribution in [-0.2, 0) is 36.6 Å². The summed E-state index contributed by atoms with van der Waals surface area (Å²) in [5, 5.41) is 21.6. The molecule has 2 rings (SSSR count). The molecule has 0 spiro atoms. The highest BCUT2D eigenvalue weighted by Crippen LogP contribution is 2.13. The molecular weight excluding hydrogens is 414 g/mol. The first-order valence-electron chi connectivity index (χ1n) is 10.6. The van der Waals surface area contributed by atoms with Crippen molar-refractivity contribution in [3.63, 3.8) is 0 Å². The molecule has 0 bridgehead atoms. The van der Waals surface area contributed by atoms with E-state index in [0.717, 1.165) is 11.1 Å². The monoisotopic (exact) mass is 445 g/mol. The number of hydrogen-bond acceptors (Lipinski definition) is 7. The third-order valence-electron chi connectivity index (χ3n) is 4.62. The zero-order chi connectivity index (χ0) is 23.2. The van der Waals surface area contributed by atoms with E-state index in [2.05, 4.69) is 5.32 Å². The van der Waals surface area contributed by atoms with Crippen LogP contribution in [0.15, 0.2) is 48.5 Å². The van der Waals surface area contributed by atoms with Gasteiger partial charge in [0.1, 0.15) is 24.1 Å². The molecule has 3 N–H and O–H groups in total. The Morgan fingerprint density at radius 2 is 1.41 bits per heavy atom. The molecule has 1 atom stereocenters. The van der Waals surface area contributed by atoms with Gasteiger partial charge in [-0.05, 0) is 48.7 Å². The molecule has 2 aromatic carbocycles. The Morgan fingerprint density at radius 1 is 0.844 bits per heavy atom. The van der Waals surface area contributed by atoms with Crippen LogP contribution in [0.3, 0.4) is 0 Å². The van der Waals surface area contributed by atoms with Crippen LogP contribution >= 0.6 is 0 Å². The van der Waals surface area contributed by atoms with Gasteiger partial charge in [-0.25, -0.2) is 4.79 Å². The van der Waals surface area contributed by atoms with Gasteiger partial charge in [0.15, 0.2) is 0 Å². The second kappa shape index (κ2) is 14.1. The van der Waals surface area contributed by atoms with Crippen molar-refractivity contribution < 1.29 is 34.0 Å². The maximum Gasteiger partial charge on any atom is 0.329 e. The second-order valence-electron chi connectivity index (χ2n) is 7.13. The van der Waals surface area contributed by atoms with Gasteiger partial charge in [-0.2, -0.15) is 0 Å². The molecule has 0 aliphatic carbocycles. The predicted octanol–water partition coefficient (Wildman–Crippen LogP) is 2.35. The molecule has 8 nitrogen and oxygen atoms in total. The third-order valence-corrected chi connectivity index (χ3v) is 4.62. The second-order valence-corrected chi connectivity index (χ2v) is 7.13. The summed E-state index contributed by atoms with van der Waals surface area (Å²) >= 11 is 0. The van der Waals surface area contributed by atoms with Crippen molar-refractivity contribution in [2.24, 2.45) is 0 Å². The average Bonchev–Trinajstić information content (AvgIpc) is 2.79. The fourth-order valence-corrected chi connectivity index (χ4v) is 2.91. The van der Waals surface area contributed by atoms with Crippen LogP contribution in [0, 0.1) is 0 Å². The van der Waals surface area contributed by atoms with E-state index in [1.54, 1.807) is 36.4 Å². The van der Waals surface area contributed by atoms with E-state index < -0.39 is 12.0 Å². The molecule has 1 unspecified atom stereocenters. The molecule has 0 aromatic heterocycles. The Bertz CT molecular complexity index is 821. The smallest absolute Gasteiger partial charge is 0.329 e. The van der Waals surface area contributed by atoms with Gasteiger partial charge in [-0.15, -0.1) is 0 Å². The number of nitrogens with one attached hydrogen (secondary N) is 1. The lowest BCUT2D eigenvalue weighted by atomic mass is 10.0. The standard InChI is InChI=1S/C24H31NO7/c1-2-30-13-14-31-15-16-32-24(29)22(17-19-5-10-21(27)11-6-19)25-23(28)12-7-18-3-8-20(26)9-4-18/h3-6,8-11,22,26-27H,2,7,12-17H2,1H3,(H,25,28). The van der Waals surface area contributed by atoms with Crippen molar-refractivity contribution in [2.45, 2.75) is 32.2 Å². The molecule has 2 aromatic rings. The number of phenols is 2. The zero-order valence-electron chi connectivity index (χ0n) is 18.3. The van der Waals surface area contributed by atoms with Gasteiger partial charge in [0.2, 0.25) is 5.91 Å². The van der Waals surface area contributed by atoms with Crippen molar-refractivity contribution in [2.75, 3.05) is 33.0 Å². The predicted molar refractivity (Wildman–Crippen MR) is 118 cm³/mol. The minimum Gasteiger partial charge on any atom is -0.508 e. The van der Waals surface area contributed by atoms with Gasteiger partial charge in [-0.1, -0.05) is 24.3 Å². The quantitative estimate of drug-likeness (QED) is 0.302. The van der Waals surface area contributed by atoms with Crippen LogP contribution in [0.1, 0.15) is 24.5 Å². The highest BCUT2D eigenvalue weighted by molar-refractivity contribution is 5.84. The van der Waals surface area contributed by atoms with Gasteiger partial charge >= 0.3 is 5.97 Å². The van der Waals surface area contributed by atoms with Crippen LogP contribution in [-0.4, -0.2) is 61.2 Å². The molecule has 0 radical (unpaired) electrons. The maximum atomic E-state index is 12.6. The Morgan fingerprint density at radius 3 is 2.03 bits per heavy atom. The Balaban J connectivity index is 1.87. The molecule has 0 saturated heterocycles. The van der Waals surface area contributed by atoms with Crippen molar-refractivity contribution in [3.05, 3.63) is 59.7 Å². The number of aryl methyl sites for hydroxylation is 1. The number of carbonyl (C=O) groups excluding carboxylic acids is 2. The van der Waals surface area contributed by atoms with Crippen LogP contribution in [0.4, 0.5) is 0 Å². The summed E-state index contributed by atoms with van der Waals surface area (Å²) in [5.74, 6) is -0.553. The molecule has 32 heavy (non-hydrogen) atoms. The first-order chi connectivity index (χ1) is 15.5. The van der Waals surface area contributed by atoms with Gasteiger partial charge < -0.3 is 29.7 Å². The number of phenolic OH excluding ortho intramolecular Hbond substituents is 2. The number of hydrogen-bond donors (Lipinski definition) is 3. The first-order valence-corrected chi connectivity index (χ1v) is 10.6. The van der Waals surface area contributed by atoms with E-state index in [1.165, 1.54) is 12.1 Å². The van der Waals surface area contributed by atoms with E-state index in [9.17, 15) is 19.8 Å². The molecular formula is C24H31NO7. The van der Waals surface area contributed by atoms with E-state index in [4.69, 9.17) is 14.2 Å². The number of carbonyl (C=O) groups is 2. The lowest BCUT2D eigenvalue weighted by Gasteiger charge is -2.18. The fourth-order valence-electron chi connectivity index (χ4n) is 2.91. The van der Waals surface area contributed by atoms with Crippen molar-refractivity contribution in [1.82, 2.24) is 5.32 Å². The Kier molecular flexibility index (Phi) is 11.1. The SMILES string of the molecule is CCOCCOCCOC(=O)C(Cc1ccc(O)cc1)NC(=O)CCc1ccc(O)cc1. The van der Waals surface area contributed by atoms with Crippen molar-refractivity contribution >= 4 is 11.9 Å². The average molecular weight is 446 g/mol. The number of rotatable bonds is 14. The Hall–Kier alpha value is -3.10. The Labute approximate surface area is 188 Å². The third kappa shape index (κ3) is 9.80. The number of amides is 1. The molecule has 0 aliphatic rings. The lowest BCUT2D eigenvalue weighted by molar-refractivity contribution is -0.149. The van der Waals surface area contributed by atoms with Crippen molar-refractivity contribution in [3.8, 4) is 11.5 Å². The largest absolute Gasteiger partial charge is 0.508 e. The molecule has 0 aliphatic heterocycles. The van der Waals surface area contributed by atoms with Crippen molar-refractivity contribution in [1.29, 1.82) is 0 Å². The number of esters is 1. The molecule has 0 saturated carbocycles. The van der Waals surface area contributed by atoms with Gasteiger partial charge in [-0.3, -0.25) is 4.79 Å². The lowest BCUT2D eigenvalue weighted by Crippen LogP contribution is -2.43. The number of aromatic hydroxyl groups is 2. The van der Waals surface area contributed by atoms with E-state index in [-0.39, 0.29) is 43.5 Å². The van der Waals surface area contributed by atoms with Gasteiger partial charge in [0.25, 0.3) is 0 Å². The van der Waals surface area contributed by atoms with Gasteiger partial charge in [0.05, 0.1) is 19.8 Å². The maximum absolute atomic E-state index is 12.6. The summed E-state index contributed by atoms with van der Waals surface area (Å²) < 4.78 is 15.8. The van der Waals surface area contributed by atoms with Gasteiger partial charge in [0, 0.05) is 19.4 Å². The molecule has 8 heteroatoms. The summed E-state index contributed by atoms with van der Waals surface area (Å²) in [7, 11) is 0. The van der Waals surface area contributed by atoms with Crippen LogP contribution in [0.2, 0.25) is 0 Å². The molecule has 1 amide bonds. The fraction of sp³-hybridized carbons (Fsp3) is 0.417. The van der Waals surface area contributed by atoms with Crippen LogP contribution < -0.4 is 5.32 Å². The molecule has 0 heterocycles. The summed E-state index contributed by atoms with van der Waals surface area (Å²) in [6.45, 7) is 3.71. The topological polar surface area (TPSA) is 114 Å². The number of ether oxygens (including phenoxy) is 3. The normalized spacial score (nSPS) is 11.7. The van der Waals surface area contributed by atoms with E-state index in [1.807, 2.05) is 6.92 Å². The minimum atomic E-state index is -0.865. The summed E-state index contributed by atoms with van der Waals surface area (Å²) in [6.07, 6.45) is 0.890. The minimum absolute atomic E-state index is 0.0699. The highest BCUT2D eigenvalue weighted by Gasteiger charge is 2.23. The summed E-state index contributed by atoms with van der Waals surface area (Å²) in [5.41, 5.74) is 1.68. The zero-order valence-corrected chi connectivity index (χ0v) is 18.3.